The zero-order valence-corrected chi connectivity index (χ0v) is 12.1. The Bertz CT molecular complexity index is 508. The number of halogens is 1. The summed E-state index contributed by atoms with van der Waals surface area (Å²) >= 11 is 0. The molecular formula is C16H22FN3O. The molecule has 2 fully saturated rings. The van der Waals surface area contributed by atoms with Crippen molar-refractivity contribution in [3.63, 3.8) is 0 Å². The number of carbonyl (C=O) groups excluding carboxylic acids is 1. The fourth-order valence-electron chi connectivity index (χ4n) is 3.43. The van der Waals surface area contributed by atoms with E-state index in [1.807, 2.05) is 0 Å². The van der Waals surface area contributed by atoms with E-state index < -0.39 is 0 Å². The second-order valence-electron chi connectivity index (χ2n) is 6.01. The molecule has 0 aromatic heterocycles. The van der Waals surface area contributed by atoms with Crippen molar-refractivity contribution >= 4 is 5.91 Å². The van der Waals surface area contributed by atoms with Gasteiger partial charge in [-0.25, -0.2) is 4.39 Å². The van der Waals surface area contributed by atoms with Crippen LogP contribution in [0, 0.1) is 11.7 Å². The molecular weight excluding hydrogens is 269 g/mol. The fraction of sp³-hybridized carbons (Fsp3) is 0.562. The van der Waals surface area contributed by atoms with Gasteiger partial charge in [0.15, 0.2) is 0 Å². The topological polar surface area (TPSA) is 53.2 Å². The maximum Gasteiger partial charge on any atom is 0.220 e. The molecule has 1 aromatic carbocycles. The van der Waals surface area contributed by atoms with Gasteiger partial charge in [0, 0.05) is 25.0 Å². The Balaban J connectivity index is 1.51. The van der Waals surface area contributed by atoms with Crippen molar-refractivity contribution in [1.82, 2.24) is 16.2 Å². The fourth-order valence-corrected chi connectivity index (χ4v) is 3.43. The Morgan fingerprint density at radius 2 is 2.19 bits per heavy atom. The number of benzene rings is 1. The van der Waals surface area contributed by atoms with Crippen LogP contribution in [0.25, 0.3) is 0 Å². The number of nitrogens with one attached hydrogen (secondary N) is 3. The van der Waals surface area contributed by atoms with Crippen LogP contribution in [0.15, 0.2) is 24.3 Å². The molecule has 3 atom stereocenters. The lowest BCUT2D eigenvalue weighted by molar-refractivity contribution is -0.122. The number of hydrazine groups is 1. The highest BCUT2D eigenvalue weighted by atomic mass is 19.1. The summed E-state index contributed by atoms with van der Waals surface area (Å²) in [5.74, 6) is 0.387. The lowest BCUT2D eigenvalue weighted by Crippen LogP contribution is -2.53. The molecule has 1 aliphatic carbocycles. The van der Waals surface area contributed by atoms with Crippen LogP contribution < -0.4 is 16.2 Å². The number of amides is 1. The molecule has 0 bridgehead atoms. The second-order valence-corrected chi connectivity index (χ2v) is 6.01. The van der Waals surface area contributed by atoms with Gasteiger partial charge < -0.3 is 5.32 Å². The molecule has 1 aliphatic heterocycles. The standard InChI is InChI=1S/C16H22FN3O/c17-13-6-2-1-4-11(13)8-9-15(21)19-14-7-3-5-12-10-18-20-16(12)14/h1-2,4,6,12,14,16,18,20H,3,5,7-10H2,(H,19,21). The smallest absolute Gasteiger partial charge is 0.220 e. The average Bonchev–Trinajstić information content (AvgIpc) is 2.96. The van der Waals surface area contributed by atoms with Gasteiger partial charge in [-0.3, -0.25) is 15.6 Å². The van der Waals surface area contributed by atoms with E-state index in [4.69, 9.17) is 0 Å². The van der Waals surface area contributed by atoms with E-state index in [-0.39, 0.29) is 17.8 Å². The minimum absolute atomic E-state index is 0.0117. The van der Waals surface area contributed by atoms with Crippen molar-refractivity contribution in [3.8, 4) is 0 Å². The molecule has 0 spiro atoms. The van der Waals surface area contributed by atoms with E-state index >= 15 is 0 Å². The Morgan fingerprint density at radius 3 is 3.05 bits per heavy atom. The summed E-state index contributed by atoms with van der Waals surface area (Å²) in [6.45, 7) is 0.978. The maximum atomic E-state index is 13.5. The normalized spacial score (nSPS) is 28.1. The van der Waals surface area contributed by atoms with E-state index in [1.54, 1.807) is 18.2 Å². The van der Waals surface area contributed by atoms with E-state index in [0.717, 1.165) is 19.4 Å². The van der Waals surface area contributed by atoms with E-state index in [2.05, 4.69) is 16.2 Å². The van der Waals surface area contributed by atoms with Crippen LogP contribution in [-0.4, -0.2) is 24.5 Å². The number of carbonyl (C=O) groups is 1. The molecule has 1 amide bonds. The van der Waals surface area contributed by atoms with Gasteiger partial charge in [0.1, 0.15) is 5.82 Å². The highest BCUT2D eigenvalue weighted by Gasteiger charge is 2.37. The number of hydrogen-bond donors (Lipinski definition) is 3. The molecule has 1 saturated heterocycles. The summed E-state index contributed by atoms with van der Waals surface area (Å²) in [7, 11) is 0. The summed E-state index contributed by atoms with van der Waals surface area (Å²) < 4.78 is 13.5. The third kappa shape index (κ3) is 3.41. The van der Waals surface area contributed by atoms with Crippen LogP contribution in [0.3, 0.4) is 0 Å². The van der Waals surface area contributed by atoms with Gasteiger partial charge >= 0.3 is 0 Å². The molecule has 4 nitrogen and oxygen atoms in total. The van der Waals surface area contributed by atoms with Crippen molar-refractivity contribution < 1.29 is 9.18 Å². The van der Waals surface area contributed by atoms with E-state index in [9.17, 15) is 9.18 Å². The molecule has 0 radical (unpaired) electrons. The predicted molar refractivity (Wildman–Crippen MR) is 78.9 cm³/mol. The minimum atomic E-state index is -0.232. The van der Waals surface area contributed by atoms with Crippen molar-refractivity contribution in [2.75, 3.05) is 6.54 Å². The predicted octanol–water partition coefficient (Wildman–Crippen LogP) is 1.52. The van der Waals surface area contributed by atoms with Crippen LogP contribution in [0.4, 0.5) is 4.39 Å². The molecule has 1 heterocycles. The van der Waals surface area contributed by atoms with Crippen LogP contribution in [0.1, 0.15) is 31.2 Å². The van der Waals surface area contributed by atoms with Crippen molar-refractivity contribution in [3.05, 3.63) is 35.6 Å². The van der Waals surface area contributed by atoms with E-state index in [0.29, 0.717) is 30.4 Å². The molecule has 3 rings (SSSR count). The zero-order chi connectivity index (χ0) is 14.7. The Hall–Kier alpha value is -1.46. The van der Waals surface area contributed by atoms with Gasteiger partial charge in [0.2, 0.25) is 5.91 Å². The van der Waals surface area contributed by atoms with Gasteiger partial charge in [0.05, 0.1) is 0 Å². The average molecular weight is 291 g/mol. The van der Waals surface area contributed by atoms with Crippen molar-refractivity contribution in [2.24, 2.45) is 5.92 Å². The lowest BCUT2D eigenvalue weighted by atomic mass is 9.82. The highest BCUT2D eigenvalue weighted by Crippen LogP contribution is 2.26. The zero-order valence-electron chi connectivity index (χ0n) is 12.1. The monoisotopic (exact) mass is 291 g/mol. The van der Waals surface area contributed by atoms with Gasteiger partial charge in [-0.15, -0.1) is 0 Å². The Morgan fingerprint density at radius 1 is 1.33 bits per heavy atom. The van der Waals surface area contributed by atoms with Crippen LogP contribution in [0.2, 0.25) is 0 Å². The Labute approximate surface area is 124 Å². The number of rotatable bonds is 4. The third-order valence-corrected chi connectivity index (χ3v) is 4.59. The first-order chi connectivity index (χ1) is 10.2. The first-order valence-corrected chi connectivity index (χ1v) is 7.75. The SMILES string of the molecule is O=C(CCc1ccccc1F)NC1CCCC2CNNC21. The summed E-state index contributed by atoms with van der Waals surface area (Å²) in [5, 5.41) is 3.12. The third-order valence-electron chi connectivity index (χ3n) is 4.59. The summed E-state index contributed by atoms with van der Waals surface area (Å²) in [4.78, 5) is 12.1. The van der Waals surface area contributed by atoms with Crippen LogP contribution >= 0.6 is 0 Å². The minimum Gasteiger partial charge on any atom is -0.352 e. The first kappa shape index (κ1) is 14.5. The molecule has 1 saturated carbocycles. The molecule has 21 heavy (non-hydrogen) atoms. The first-order valence-electron chi connectivity index (χ1n) is 7.75. The quantitative estimate of drug-likeness (QED) is 0.788. The molecule has 1 aromatic rings. The van der Waals surface area contributed by atoms with Gasteiger partial charge in [-0.2, -0.15) is 0 Å². The number of aryl methyl sites for hydroxylation is 1. The van der Waals surface area contributed by atoms with Gasteiger partial charge in [-0.1, -0.05) is 24.6 Å². The van der Waals surface area contributed by atoms with Crippen molar-refractivity contribution in [1.29, 1.82) is 0 Å². The van der Waals surface area contributed by atoms with Crippen LogP contribution in [-0.2, 0) is 11.2 Å². The van der Waals surface area contributed by atoms with E-state index in [1.165, 1.54) is 12.5 Å². The molecule has 114 valence electrons. The summed E-state index contributed by atoms with van der Waals surface area (Å²) in [5.41, 5.74) is 7.06. The molecule has 3 N–H and O–H groups in total. The summed E-state index contributed by atoms with van der Waals surface area (Å²) in [6.07, 6.45) is 4.17. The maximum absolute atomic E-state index is 13.5. The van der Waals surface area contributed by atoms with Gasteiger partial charge in [0.25, 0.3) is 0 Å². The number of fused-ring (bicyclic) bond motifs is 1. The van der Waals surface area contributed by atoms with Crippen LogP contribution in [0.5, 0.6) is 0 Å². The largest absolute Gasteiger partial charge is 0.352 e. The lowest BCUT2D eigenvalue weighted by Gasteiger charge is -2.33. The van der Waals surface area contributed by atoms with Gasteiger partial charge in [-0.05, 0) is 36.8 Å². The van der Waals surface area contributed by atoms with Crippen molar-refractivity contribution in [2.45, 2.75) is 44.2 Å². The molecule has 2 aliphatic rings. The highest BCUT2D eigenvalue weighted by molar-refractivity contribution is 5.76. The summed E-state index contributed by atoms with van der Waals surface area (Å²) in [6, 6.07) is 7.16. The number of hydrogen-bond acceptors (Lipinski definition) is 3. The Kier molecular flexibility index (Phi) is 4.51. The molecule has 3 unspecified atom stereocenters. The molecule has 5 heteroatoms. The second kappa shape index (κ2) is 6.54.